The van der Waals surface area contributed by atoms with E-state index in [1.165, 1.54) is 12.1 Å². The van der Waals surface area contributed by atoms with E-state index in [1.807, 2.05) is 6.92 Å². The molecule has 0 atom stereocenters. The van der Waals surface area contributed by atoms with E-state index in [0.717, 1.165) is 9.87 Å². The molecule has 172 valence electrons. The Morgan fingerprint density at radius 1 is 1.00 bits per heavy atom. The molecule has 0 fully saturated rings. The van der Waals surface area contributed by atoms with Crippen LogP contribution >= 0.6 is 11.6 Å². The highest BCUT2D eigenvalue weighted by molar-refractivity contribution is 7.92. The summed E-state index contributed by atoms with van der Waals surface area (Å²) in [5.41, 5.74) is 4.13. The van der Waals surface area contributed by atoms with Gasteiger partial charge < -0.3 is 4.74 Å². The maximum absolute atomic E-state index is 13.4. The maximum atomic E-state index is 13.4. The topological polar surface area (TPSA) is 88.1 Å². The Kier molecular flexibility index (Phi) is 8.08. The average Bonchev–Trinajstić information content (AvgIpc) is 2.82. The minimum absolute atomic E-state index is 0.0449. The first-order chi connectivity index (χ1) is 15.8. The molecule has 0 aliphatic carbocycles. The van der Waals surface area contributed by atoms with Crippen molar-refractivity contribution in [1.29, 1.82) is 0 Å². The summed E-state index contributed by atoms with van der Waals surface area (Å²) in [6.07, 6.45) is 0. The number of nitrogens with one attached hydrogen (secondary N) is 1. The third-order valence-electron chi connectivity index (χ3n) is 4.66. The maximum Gasteiger partial charge on any atom is 0.264 e. The van der Waals surface area contributed by atoms with Crippen LogP contribution in [-0.4, -0.2) is 33.2 Å². The van der Waals surface area contributed by atoms with Crippen molar-refractivity contribution in [3.63, 3.8) is 0 Å². The van der Waals surface area contributed by atoms with Crippen LogP contribution in [0.4, 0.5) is 5.69 Å². The van der Waals surface area contributed by atoms with Crippen molar-refractivity contribution in [2.45, 2.75) is 18.7 Å². The third-order valence-corrected chi connectivity index (χ3v) is 6.70. The van der Waals surface area contributed by atoms with Crippen molar-refractivity contribution >= 4 is 38.9 Å². The lowest BCUT2D eigenvalue weighted by atomic mass is 10.1. The number of benzene rings is 3. The molecule has 0 unspecified atom stereocenters. The Balaban J connectivity index is 1.83. The minimum atomic E-state index is -4.02. The Morgan fingerprint density at radius 2 is 1.64 bits per heavy atom. The van der Waals surface area contributed by atoms with Crippen LogP contribution in [0, 0.1) is 0 Å². The molecule has 3 aromatic rings. The van der Waals surface area contributed by atoms with Gasteiger partial charge in [-0.3, -0.25) is 9.10 Å². The Hall–Kier alpha value is -3.36. The number of para-hydroxylation sites is 1. The summed E-state index contributed by atoms with van der Waals surface area (Å²) in [6.45, 7) is 3.60. The molecule has 0 saturated heterocycles. The van der Waals surface area contributed by atoms with Crippen LogP contribution in [0.3, 0.4) is 0 Å². The fourth-order valence-electron chi connectivity index (χ4n) is 2.98. The van der Waals surface area contributed by atoms with Gasteiger partial charge in [-0.25, -0.2) is 13.8 Å². The first kappa shape index (κ1) is 24.3. The van der Waals surface area contributed by atoms with E-state index in [1.54, 1.807) is 73.7 Å². The summed E-state index contributed by atoms with van der Waals surface area (Å²) in [6, 6.07) is 21.5. The molecule has 0 aliphatic rings. The lowest BCUT2D eigenvalue weighted by Crippen LogP contribution is -2.39. The van der Waals surface area contributed by atoms with E-state index in [-0.39, 0.29) is 4.90 Å². The molecule has 0 radical (unpaired) electrons. The molecule has 7 nitrogen and oxygen atoms in total. The smallest absolute Gasteiger partial charge is 0.264 e. The van der Waals surface area contributed by atoms with Gasteiger partial charge in [0.05, 0.1) is 22.9 Å². The fraction of sp³-hybridized carbons (Fsp3) is 0.167. The van der Waals surface area contributed by atoms with Crippen LogP contribution in [0.15, 0.2) is 88.9 Å². The molecule has 0 heterocycles. The number of halogens is 1. The number of sulfonamides is 1. The largest absolute Gasteiger partial charge is 0.494 e. The minimum Gasteiger partial charge on any atom is -0.494 e. The number of hydrazone groups is 1. The second kappa shape index (κ2) is 11.0. The summed E-state index contributed by atoms with van der Waals surface area (Å²) in [5, 5.41) is 4.68. The van der Waals surface area contributed by atoms with Gasteiger partial charge in [0.2, 0.25) is 0 Å². The summed E-state index contributed by atoms with van der Waals surface area (Å²) >= 11 is 5.90. The highest BCUT2D eigenvalue weighted by atomic mass is 35.5. The first-order valence-electron chi connectivity index (χ1n) is 10.2. The molecule has 3 aromatic carbocycles. The number of carbonyl (C=O) groups excluding carboxylic acids is 1. The number of nitrogens with zero attached hydrogens (tertiary/aromatic N) is 2. The van der Waals surface area contributed by atoms with E-state index in [0.29, 0.717) is 28.8 Å². The summed E-state index contributed by atoms with van der Waals surface area (Å²) in [7, 11) is -4.02. The van der Waals surface area contributed by atoms with Gasteiger partial charge in [0.15, 0.2) is 0 Å². The highest BCUT2D eigenvalue weighted by Gasteiger charge is 2.27. The third kappa shape index (κ3) is 6.34. The molecular weight excluding hydrogens is 462 g/mol. The summed E-state index contributed by atoms with van der Waals surface area (Å²) in [4.78, 5) is 12.7. The zero-order valence-corrected chi connectivity index (χ0v) is 19.8. The zero-order chi connectivity index (χ0) is 23.8. The predicted octanol–water partition coefficient (Wildman–Crippen LogP) is 4.47. The number of hydrogen-bond acceptors (Lipinski definition) is 5. The molecule has 0 bridgehead atoms. The van der Waals surface area contributed by atoms with Crippen LogP contribution in [0.2, 0.25) is 5.02 Å². The van der Waals surface area contributed by atoms with Gasteiger partial charge >= 0.3 is 0 Å². The van der Waals surface area contributed by atoms with Gasteiger partial charge in [-0.15, -0.1) is 0 Å². The second-order valence-corrected chi connectivity index (χ2v) is 9.29. The molecule has 9 heteroatoms. The van der Waals surface area contributed by atoms with Crippen LogP contribution < -0.4 is 14.5 Å². The van der Waals surface area contributed by atoms with Crippen molar-refractivity contribution < 1.29 is 17.9 Å². The Bertz CT molecular complexity index is 1210. The molecule has 3 rings (SSSR count). The molecular formula is C24H24ClN3O4S. The molecule has 1 amide bonds. The molecule has 33 heavy (non-hydrogen) atoms. The molecule has 0 aromatic heterocycles. The van der Waals surface area contributed by atoms with Crippen molar-refractivity contribution in [3.05, 3.63) is 89.4 Å². The lowest BCUT2D eigenvalue weighted by Gasteiger charge is -2.23. The number of amides is 1. The van der Waals surface area contributed by atoms with Crippen LogP contribution in [0.25, 0.3) is 0 Å². The number of anilines is 1. The van der Waals surface area contributed by atoms with Crippen molar-refractivity contribution in [2.75, 3.05) is 17.5 Å². The van der Waals surface area contributed by atoms with E-state index < -0.39 is 22.5 Å². The highest BCUT2D eigenvalue weighted by Crippen LogP contribution is 2.25. The normalized spacial score (nSPS) is 11.7. The number of carbonyl (C=O) groups is 1. The quantitative estimate of drug-likeness (QED) is 0.357. The number of hydrogen-bond donors (Lipinski definition) is 1. The zero-order valence-electron chi connectivity index (χ0n) is 18.2. The number of rotatable bonds is 9. The Morgan fingerprint density at radius 3 is 2.24 bits per heavy atom. The SMILES string of the molecule is CCOc1ccc(S(=O)(=O)N(CC(=O)N/N=C(/C)c2ccc(Cl)cc2)c2ccccc2)cc1. The number of ether oxygens (including phenoxy) is 1. The van der Waals surface area contributed by atoms with Crippen molar-refractivity contribution in [1.82, 2.24) is 5.43 Å². The molecule has 0 spiro atoms. The Labute approximate surface area is 198 Å². The van der Waals surface area contributed by atoms with Crippen LogP contribution in [-0.2, 0) is 14.8 Å². The fourth-order valence-corrected chi connectivity index (χ4v) is 4.53. The van der Waals surface area contributed by atoms with E-state index in [2.05, 4.69) is 10.5 Å². The van der Waals surface area contributed by atoms with Gasteiger partial charge in [0, 0.05) is 5.02 Å². The lowest BCUT2D eigenvalue weighted by molar-refractivity contribution is -0.119. The molecule has 0 aliphatic heterocycles. The van der Waals surface area contributed by atoms with Crippen LogP contribution in [0.1, 0.15) is 19.4 Å². The summed E-state index contributed by atoms with van der Waals surface area (Å²) in [5.74, 6) is -0.0193. The van der Waals surface area contributed by atoms with Gasteiger partial charge in [0.25, 0.3) is 15.9 Å². The molecule has 1 N–H and O–H groups in total. The van der Waals surface area contributed by atoms with Crippen LogP contribution in [0.5, 0.6) is 5.75 Å². The average molecular weight is 486 g/mol. The van der Waals surface area contributed by atoms with Crippen molar-refractivity contribution in [2.24, 2.45) is 5.10 Å². The van der Waals surface area contributed by atoms with E-state index in [9.17, 15) is 13.2 Å². The van der Waals surface area contributed by atoms with E-state index >= 15 is 0 Å². The van der Waals surface area contributed by atoms with Crippen molar-refractivity contribution in [3.8, 4) is 5.75 Å². The standard InChI is InChI=1S/C24H24ClN3O4S/c1-3-32-22-13-15-23(16-14-22)33(30,31)28(21-7-5-4-6-8-21)17-24(29)27-26-18(2)19-9-11-20(25)12-10-19/h4-16H,3,17H2,1-2H3,(H,27,29)/b26-18-. The summed E-state index contributed by atoms with van der Waals surface area (Å²) < 4.78 is 33.2. The second-order valence-electron chi connectivity index (χ2n) is 6.99. The van der Waals surface area contributed by atoms with E-state index in [4.69, 9.17) is 16.3 Å². The predicted molar refractivity (Wildman–Crippen MR) is 130 cm³/mol. The first-order valence-corrected chi connectivity index (χ1v) is 12.0. The van der Waals surface area contributed by atoms with Gasteiger partial charge in [-0.1, -0.05) is 41.9 Å². The molecule has 0 saturated carbocycles. The van der Waals surface area contributed by atoms with Gasteiger partial charge in [-0.2, -0.15) is 5.10 Å². The monoisotopic (exact) mass is 485 g/mol. The van der Waals surface area contributed by atoms with Gasteiger partial charge in [-0.05, 0) is 67.9 Å². The van der Waals surface area contributed by atoms with Gasteiger partial charge in [0.1, 0.15) is 12.3 Å².